The molecule has 1 saturated heterocycles. The number of hydrogen-bond donors (Lipinski definition) is 0. The van der Waals surface area contributed by atoms with E-state index in [1.807, 2.05) is 65.9 Å². The van der Waals surface area contributed by atoms with E-state index >= 15 is 0 Å². The molecule has 1 aromatic carbocycles. The molecule has 6 nitrogen and oxygen atoms in total. The molecule has 0 bridgehead atoms. The first-order valence-electron chi connectivity index (χ1n) is 10.5. The Morgan fingerprint density at radius 2 is 1.81 bits per heavy atom. The van der Waals surface area contributed by atoms with E-state index in [9.17, 15) is 4.79 Å². The number of benzene rings is 1. The maximum Gasteiger partial charge on any atom is 0.254 e. The molecule has 0 radical (unpaired) electrons. The van der Waals surface area contributed by atoms with Crippen LogP contribution in [0.5, 0.6) is 0 Å². The van der Waals surface area contributed by atoms with Crippen LogP contribution in [-0.4, -0.2) is 56.3 Å². The van der Waals surface area contributed by atoms with E-state index in [0.29, 0.717) is 18.1 Å². The molecule has 1 aliphatic heterocycles. The van der Waals surface area contributed by atoms with Crippen molar-refractivity contribution in [1.29, 1.82) is 0 Å². The van der Waals surface area contributed by atoms with Gasteiger partial charge in [-0.3, -0.25) is 14.7 Å². The summed E-state index contributed by atoms with van der Waals surface area (Å²) in [6, 6.07) is 11.8. The van der Waals surface area contributed by atoms with Crippen LogP contribution in [0.4, 0.5) is 0 Å². The first-order chi connectivity index (χ1) is 15.0. The molecule has 1 aliphatic rings. The molecule has 158 valence electrons. The third-order valence-corrected chi connectivity index (χ3v) is 6.06. The van der Waals surface area contributed by atoms with Crippen molar-refractivity contribution < 1.29 is 4.79 Å². The van der Waals surface area contributed by atoms with Gasteiger partial charge < -0.3 is 9.30 Å². The molecule has 0 aliphatic carbocycles. The Bertz CT molecular complexity index is 1290. The summed E-state index contributed by atoms with van der Waals surface area (Å²) in [5.74, 6) is 0.0862. The summed E-state index contributed by atoms with van der Waals surface area (Å²) in [6.07, 6.45) is 3.89. The van der Waals surface area contributed by atoms with E-state index in [1.165, 1.54) is 0 Å². The standard InChI is InChI=1S/C24H24ClN5O/c1-16-3-5-22-20(11-16)21(12-17(2)26-22)24(31)29-9-7-28(8-10-29)14-19-15-30-13-18(25)4-6-23(30)27-19/h3-6,11-13,15H,7-10,14H2,1-2H3. The molecule has 0 N–H and O–H groups in total. The number of hydrogen-bond acceptors (Lipinski definition) is 4. The third-order valence-electron chi connectivity index (χ3n) is 5.83. The lowest BCUT2D eigenvalue weighted by molar-refractivity contribution is 0.0629. The molecular weight excluding hydrogens is 410 g/mol. The molecule has 4 heterocycles. The van der Waals surface area contributed by atoms with Crippen LogP contribution in [0.15, 0.2) is 48.8 Å². The molecule has 5 rings (SSSR count). The molecule has 1 fully saturated rings. The van der Waals surface area contributed by atoms with Gasteiger partial charge in [0.2, 0.25) is 0 Å². The number of aryl methyl sites for hydroxylation is 2. The molecule has 0 saturated carbocycles. The van der Waals surface area contributed by atoms with Crippen molar-refractivity contribution in [3.8, 4) is 0 Å². The van der Waals surface area contributed by atoms with Crippen molar-refractivity contribution in [2.24, 2.45) is 0 Å². The van der Waals surface area contributed by atoms with E-state index in [1.54, 1.807) is 0 Å². The van der Waals surface area contributed by atoms with Gasteiger partial charge in [-0.15, -0.1) is 0 Å². The average Bonchev–Trinajstić information content (AvgIpc) is 3.15. The van der Waals surface area contributed by atoms with Crippen molar-refractivity contribution in [1.82, 2.24) is 24.2 Å². The van der Waals surface area contributed by atoms with Crippen LogP contribution in [0.25, 0.3) is 16.6 Å². The van der Waals surface area contributed by atoms with Gasteiger partial charge in [0, 0.05) is 56.2 Å². The van der Waals surface area contributed by atoms with Crippen LogP contribution in [0, 0.1) is 13.8 Å². The molecule has 1 amide bonds. The number of nitrogens with zero attached hydrogens (tertiary/aromatic N) is 5. The Labute approximate surface area is 186 Å². The largest absolute Gasteiger partial charge is 0.336 e. The van der Waals surface area contributed by atoms with Crippen LogP contribution in [-0.2, 0) is 6.54 Å². The summed E-state index contributed by atoms with van der Waals surface area (Å²) in [7, 11) is 0. The summed E-state index contributed by atoms with van der Waals surface area (Å²) in [5.41, 5.74) is 5.52. The zero-order valence-electron chi connectivity index (χ0n) is 17.7. The van der Waals surface area contributed by atoms with Crippen LogP contribution in [0.2, 0.25) is 5.02 Å². The topological polar surface area (TPSA) is 53.7 Å². The summed E-state index contributed by atoms with van der Waals surface area (Å²) < 4.78 is 1.95. The number of aromatic nitrogens is 3. The Kier molecular flexibility index (Phi) is 5.12. The predicted octanol–water partition coefficient (Wildman–Crippen LogP) is 4.11. The lowest BCUT2D eigenvalue weighted by Gasteiger charge is -2.34. The van der Waals surface area contributed by atoms with Gasteiger partial charge in [0.15, 0.2) is 0 Å². The fourth-order valence-corrected chi connectivity index (χ4v) is 4.42. The van der Waals surface area contributed by atoms with Crippen LogP contribution < -0.4 is 0 Å². The van der Waals surface area contributed by atoms with Gasteiger partial charge >= 0.3 is 0 Å². The number of imidazole rings is 1. The van der Waals surface area contributed by atoms with E-state index in [2.05, 4.69) is 20.9 Å². The number of pyridine rings is 2. The number of amides is 1. The number of carbonyl (C=O) groups excluding carboxylic acids is 1. The number of fused-ring (bicyclic) bond motifs is 2. The maximum atomic E-state index is 13.3. The van der Waals surface area contributed by atoms with Gasteiger partial charge in [0.05, 0.1) is 21.8 Å². The molecule has 0 unspecified atom stereocenters. The van der Waals surface area contributed by atoms with Crippen molar-refractivity contribution in [2.45, 2.75) is 20.4 Å². The zero-order chi connectivity index (χ0) is 21.5. The number of rotatable bonds is 3. The second kappa shape index (κ2) is 7.94. The van der Waals surface area contributed by atoms with Crippen LogP contribution in [0.3, 0.4) is 0 Å². The van der Waals surface area contributed by atoms with Gasteiger partial charge in [-0.1, -0.05) is 23.2 Å². The number of carbonyl (C=O) groups is 1. The lowest BCUT2D eigenvalue weighted by Crippen LogP contribution is -2.48. The molecule has 3 aromatic heterocycles. The normalized spacial score (nSPS) is 15.1. The summed E-state index contributed by atoms with van der Waals surface area (Å²) >= 11 is 6.07. The summed E-state index contributed by atoms with van der Waals surface area (Å²) in [4.78, 5) is 26.9. The Hall–Kier alpha value is -2.96. The highest BCUT2D eigenvalue weighted by Crippen LogP contribution is 2.22. The molecule has 4 aromatic rings. The average molecular weight is 434 g/mol. The SMILES string of the molecule is Cc1ccc2nc(C)cc(C(=O)N3CCN(Cc4cn5cc(Cl)ccc5n4)CC3)c2c1. The zero-order valence-corrected chi connectivity index (χ0v) is 18.4. The first-order valence-corrected chi connectivity index (χ1v) is 10.9. The minimum absolute atomic E-state index is 0.0862. The maximum absolute atomic E-state index is 13.3. The fraction of sp³-hybridized carbons (Fsp3) is 0.292. The Morgan fingerprint density at radius 3 is 2.61 bits per heavy atom. The smallest absolute Gasteiger partial charge is 0.254 e. The molecule has 0 spiro atoms. The quantitative estimate of drug-likeness (QED) is 0.488. The number of piperazine rings is 1. The molecular formula is C24H24ClN5O. The van der Waals surface area contributed by atoms with Crippen LogP contribution in [0.1, 0.15) is 27.3 Å². The minimum atomic E-state index is 0.0862. The first kappa shape index (κ1) is 20.0. The van der Waals surface area contributed by atoms with Gasteiger partial charge in [-0.25, -0.2) is 4.98 Å². The van der Waals surface area contributed by atoms with Gasteiger partial charge in [-0.05, 0) is 44.2 Å². The highest BCUT2D eigenvalue weighted by molar-refractivity contribution is 6.30. The molecule has 31 heavy (non-hydrogen) atoms. The van der Waals surface area contributed by atoms with E-state index in [4.69, 9.17) is 11.6 Å². The fourth-order valence-electron chi connectivity index (χ4n) is 4.25. The summed E-state index contributed by atoms with van der Waals surface area (Å²) in [5, 5.41) is 1.62. The second-order valence-electron chi connectivity index (χ2n) is 8.25. The Morgan fingerprint density at radius 1 is 1.00 bits per heavy atom. The Balaban J connectivity index is 1.29. The van der Waals surface area contributed by atoms with E-state index < -0.39 is 0 Å². The lowest BCUT2D eigenvalue weighted by atomic mass is 10.0. The third kappa shape index (κ3) is 4.01. The van der Waals surface area contributed by atoms with Crippen molar-refractivity contribution in [2.75, 3.05) is 26.2 Å². The van der Waals surface area contributed by atoms with E-state index in [0.717, 1.165) is 58.7 Å². The molecule has 7 heteroatoms. The van der Waals surface area contributed by atoms with Gasteiger partial charge in [0.1, 0.15) is 5.65 Å². The van der Waals surface area contributed by atoms with Gasteiger partial charge in [-0.2, -0.15) is 0 Å². The van der Waals surface area contributed by atoms with Crippen molar-refractivity contribution in [3.05, 3.63) is 76.3 Å². The molecule has 0 atom stereocenters. The van der Waals surface area contributed by atoms with Crippen molar-refractivity contribution in [3.63, 3.8) is 0 Å². The van der Waals surface area contributed by atoms with Crippen molar-refractivity contribution >= 4 is 34.1 Å². The van der Waals surface area contributed by atoms with Gasteiger partial charge in [0.25, 0.3) is 5.91 Å². The predicted molar refractivity (Wildman–Crippen MR) is 123 cm³/mol. The minimum Gasteiger partial charge on any atom is -0.336 e. The second-order valence-corrected chi connectivity index (χ2v) is 8.68. The van der Waals surface area contributed by atoms with E-state index in [-0.39, 0.29) is 5.91 Å². The summed E-state index contributed by atoms with van der Waals surface area (Å²) in [6.45, 7) is 7.79. The van der Waals surface area contributed by atoms with Crippen LogP contribution >= 0.6 is 11.6 Å². The highest BCUT2D eigenvalue weighted by Gasteiger charge is 2.24. The monoisotopic (exact) mass is 433 g/mol. The number of halogens is 1. The highest BCUT2D eigenvalue weighted by atomic mass is 35.5.